The van der Waals surface area contributed by atoms with Gasteiger partial charge in [-0.05, 0) is 35.7 Å². The van der Waals surface area contributed by atoms with Crippen molar-refractivity contribution < 1.29 is 14.6 Å². The van der Waals surface area contributed by atoms with Crippen molar-refractivity contribution in [3.05, 3.63) is 45.6 Å². The van der Waals surface area contributed by atoms with Gasteiger partial charge in [-0.2, -0.15) is 0 Å². The highest BCUT2D eigenvalue weighted by molar-refractivity contribution is 5.29. The average molecular weight is 225 g/mol. The molecule has 0 radical (unpaired) electrons. The van der Waals surface area contributed by atoms with Gasteiger partial charge in [-0.3, -0.25) is 0 Å². The molecular formula is C10H12FN3O2. The Labute approximate surface area is 91.8 Å². The van der Waals surface area contributed by atoms with Gasteiger partial charge in [-0.1, -0.05) is 11.2 Å². The fourth-order valence-corrected chi connectivity index (χ4v) is 1.40. The Morgan fingerprint density at radius 3 is 2.75 bits per heavy atom. The first-order chi connectivity index (χ1) is 7.56. The monoisotopic (exact) mass is 225 g/mol. The highest BCUT2D eigenvalue weighted by atomic mass is 19.1. The van der Waals surface area contributed by atoms with E-state index in [1.54, 1.807) is 6.92 Å². The Kier molecular flexibility index (Phi) is 4.25. The number of benzene rings is 1. The Balaban J connectivity index is 2.86. The summed E-state index contributed by atoms with van der Waals surface area (Å²) in [6.07, 6.45) is -2.38. The number of aliphatic hydroxyl groups is 2. The molecule has 2 unspecified atom stereocenters. The van der Waals surface area contributed by atoms with Crippen LogP contribution in [0.1, 0.15) is 17.2 Å². The predicted octanol–water partition coefficient (Wildman–Crippen LogP) is 1.84. The molecule has 0 heterocycles. The van der Waals surface area contributed by atoms with E-state index in [1.807, 2.05) is 0 Å². The normalized spacial score (nSPS) is 14.0. The van der Waals surface area contributed by atoms with Crippen LogP contribution in [-0.4, -0.2) is 22.9 Å². The summed E-state index contributed by atoms with van der Waals surface area (Å²) in [5.74, 6) is -0.405. The topological polar surface area (TPSA) is 89.2 Å². The van der Waals surface area contributed by atoms with Crippen molar-refractivity contribution in [2.24, 2.45) is 5.11 Å². The maximum absolute atomic E-state index is 12.8. The third-order valence-corrected chi connectivity index (χ3v) is 2.25. The van der Waals surface area contributed by atoms with Crippen LogP contribution < -0.4 is 0 Å². The molecule has 0 aromatic heterocycles. The lowest BCUT2D eigenvalue weighted by Crippen LogP contribution is -2.21. The van der Waals surface area contributed by atoms with Crippen molar-refractivity contribution in [3.63, 3.8) is 0 Å². The fourth-order valence-electron chi connectivity index (χ4n) is 1.40. The van der Waals surface area contributed by atoms with Gasteiger partial charge >= 0.3 is 0 Å². The zero-order valence-corrected chi connectivity index (χ0v) is 8.71. The molecule has 1 aromatic rings. The lowest BCUT2D eigenvalue weighted by atomic mass is 9.99. The van der Waals surface area contributed by atoms with Crippen LogP contribution in [0.5, 0.6) is 0 Å². The van der Waals surface area contributed by atoms with Crippen LogP contribution in [0.4, 0.5) is 4.39 Å². The molecule has 0 aliphatic carbocycles. The summed E-state index contributed by atoms with van der Waals surface area (Å²) in [4.78, 5) is 2.48. The van der Waals surface area contributed by atoms with Crippen LogP contribution in [0.15, 0.2) is 23.3 Å². The second kappa shape index (κ2) is 5.46. The molecule has 0 aliphatic rings. The van der Waals surface area contributed by atoms with Crippen LogP contribution in [0.2, 0.25) is 0 Å². The van der Waals surface area contributed by atoms with Crippen LogP contribution in [0, 0.1) is 12.7 Å². The van der Waals surface area contributed by atoms with Gasteiger partial charge in [0.25, 0.3) is 0 Å². The van der Waals surface area contributed by atoms with Crippen molar-refractivity contribution >= 4 is 0 Å². The predicted molar refractivity (Wildman–Crippen MR) is 56.1 cm³/mol. The van der Waals surface area contributed by atoms with Gasteiger partial charge in [0.05, 0.1) is 12.6 Å². The Morgan fingerprint density at radius 1 is 1.50 bits per heavy atom. The first-order valence-corrected chi connectivity index (χ1v) is 4.69. The molecule has 5 nitrogen and oxygen atoms in total. The molecule has 0 bridgehead atoms. The molecule has 0 saturated carbocycles. The smallest absolute Gasteiger partial charge is 0.123 e. The molecule has 6 heteroatoms. The summed E-state index contributed by atoms with van der Waals surface area (Å²) in [7, 11) is 0. The number of aliphatic hydroxyl groups excluding tert-OH is 2. The SMILES string of the molecule is Cc1cc(F)ccc1C(O)C(O)CN=[N+]=[N-]. The van der Waals surface area contributed by atoms with E-state index in [-0.39, 0.29) is 6.54 Å². The van der Waals surface area contributed by atoms with Gasteiger partial charge < -0.3 is 10.2 Å². The third kappa shape index (κ3) is 2.93. The van der Waals surface area contributed by atoms with E-state index in [2.05, 4.69) is 10.0 Å². The van der Waals surface area contributed by atoms with Crippen LogP contribution in [0.25, 0.3) is 10.4 Å². The number of halogens is 1. The first kappa shape index (κ1) is 12.4. The van der Waals surface area contributed by atoms with E-state index in [0.717, 1.165) is 0 Å². The minimum absolute atomic E-state index is 0.228. The van der Waals surface area contributed by atoms with Crippen LogP contribution in [-0.2, 0) is 0 Å². The van der Waals surface area contributed by atoms with Gasteiger partial charge in [0.15, 0.2) is 0 Å². The van der Waals surface area contributed by atoms with Gasteiger partial charge in [-0.15, -0.1) is 0 Å². The minimum atomic E-state index is -1.19. The van der Waals surface area contributed by atoms with Crippen LogP contribution in [0.3, 0.4) is 0 Å². The highest BCUT2D eigenvalue weighted by Crippen LogP contribution is 2.21. The summed E-state index contributed by atoms with van der Waals surface area (Å²) in [5, 5.41) is 22.4. The largest absolute Gasteiger partial charge is 0.390 e. The summed E-state index contributed by atoms with van der Waals surface area (Å²) in [5.41, 5.74) is 9.03. The fraction of sp³-hybridized carbons (Fsp3) is 0.400. The zero-order valence-electron chi connectivity index (χ0n) is 8.71. The molecule has 0 saturated heterocycles. The van der Waals surface area contributed by atoms with Gasteiger partial charge in [0, 0.05) is 4.91 Å². The van der Waals surface area contributed by atoms with Crippen LogP contribution >= 0.6 is 0 Å². The molecule has 0 spiro atoms. The van der Waals surface area contributed by atoms with Crippen molar-refractivity contribution in [2.45, 2.75) is 19.1 Å². The summed E-state index contributed by atoms with van der Waals surface area (Å²) in [6, 6.07) is 3.86. The first-order valence-electron chi connectivity index (χ1n) is 4.69. The van der Waals surface area contributed by atoms with Crippen molar-refractivity contribution in [1.82, 2.24) is 0 Å². The summed E-state index contributed by atoms with van der Waals surface area (Å²) in [6.45, 7) is 1.40. The highest BCUT2D eigenvalue weighted by Gasteiger charge is 2.19. The van der Waals surface area contributed by atoms with Crippen molar-refractivity contribution in [3.8, 4) is 0 Å². The Morgan fingerprint density at radius 2 is 2.19 bits per heavy atom. The molecule has 1 rings (SSSR count). The molecule has 1 aromatic carbocycles. The zero-order chi connectivity index (χ0) is 12.1. The molecule has 0 amide bonds. The summed E-state index contributed by atoms with van der Waals surface area (Å²) >= 11 is 0. The maximum atomic E-state index is 12.8. The third-order valence-electron chi connectivity index (χ3n) is 2.25. The van der Waals surface area contributed by atoms with Crippen molar-refractivity contribution in [1.29, 1.82) is 0 Å². The molecule has 16 heavy (non-hydrogen) atoms. The number of hydrogen-bond acceptors (Lipinski definition) is 3. The van der Waals surface area contributed by atoms with E-state index in [1.165, 1.54) is 18.2 Å². The minimum Gasteiger partial charge on any atom is -0.390 e. The van der Waals surface area contributed by atoms with E-state index in [9.17, 15) is 14.6 Å². The maximum Gasteiger partial charge on any atom is 0.123 e. The second-order valence-corrected chi connectivity index (χ2v) is 3.43. The quantitative estimate of drug-likeness (QED) is 0.465. The Bertz CT molecular complexity index is 419. The van der Waals surface area contributed by atoms with Gasteiger partial charge in [0.1, 0.15) is 11.9 Å². The van der Waals surface area contributed by atoms with E-state index < -0.39 is 18.0 Å². The number of aryl methyl sites for hydroxylation is 1. The van der Waals surface area contributed by atoms with Gasteiger partial charge in [0.2, 0.25) is 0 Å². The molecule has 0 aliphatic heterocycles. The Hall–Kier alpha value is -1.62. The summed E-state index contributed by atoms with van der Waals surface area (Å²) < 4.78 is 12.8. The number of hydrogen-bond donors (Lipinski definition) is 2. The molecule has 0 fully saturated rings. The second-order valence-electron chi connectivity index (χ2n) is 3.43. The number of azide groups is 1. The lowest BCUT2D eigenvalue weighted by molar-refractivity contribution is 0.0240. The van der Waals surface area contributed by atoms with Gasteiger partial charge in [-0.25, -0.2) is 4.39 Å². The van der Waals surface area contributed by atoms with E-state index in [0.29, 0.717) is 11.1 Å². The number of nitrogens with zero attached hydrogens (tertiary/aromatic N) is 3. The molecule has 86 valence electrons. The van der Waals surface area contributed by atoms with E-state index in [4.69, 9.17) is 5.53 Å². The molecule has 2 N–H and O–H groups in total. The van der Waals surface area contributed by atoms with E-state index >= 15 is 0 Å². The standard InChI is InChI=1S/C10H12FN3O2/c1-6-4-7(11)2-3-8(6)10(16)9(15)5-13-14-12/h2-4,9-10,15-16H,5H2,1H3. The molecular weight excluding hydrogens is 213 g/mol. The van der Waals surface area contributed by atoms with Crippen molar-refractivity contribution in [2.75, 3.05) is 6.54 Å². The number of rotatable bonds is 4. The molecule has 2 atom stereocenters. The lowest BCUT2D eigenvalue weighted by Gasteiger charge is -2.18. The average Bonchev–Trinajstić information content (AvgIpc) is 2.25.